The van der Waals surface area contributed by atoms with Crippen molar-refractivity contribution in [2.75, 3.05) is 34.0 Å². The Balaban J connectivity index is 2.39. The van der Waals surface area contributed by atoms with E-state index in [-0.39, 0.29) is 19.0 Å². The maximum atomic E-state index is 13.2. The van der Waals surface area contributed by atoms with Crippen LogP contribution in [0.2, 0.25) is 0 Å². The number of amides is 2. The molecule has 8 nitrogen and oxygen atoms in total. The van der Waals surface area contributed by atoms with Gasteiger partial charge in [0.25, 0.3) is 0 Å². The number of carbonyl (C=O) groups is 2. The summed E-state index contributed by atoms with van der Waals surface area (Å²) in [5.74, 6) is -0.119. The molecular formula is C22H29N3O5S. The lowest BCUT2D eigenvalue weighted by atomic mass is 10.0. The number of nitrogens with zero attached hydrogens (tertiary/aromatic N) is 2. The van der Waals surface area contributed by atoms with E-state index in [1.165, 1.54) is 19.0 Å². The lowest BCUT2D eigenvalue weighted by molar-refractivity contribution is -0.141. The fraction of sp³-hybridized carbons (Fsp3) is 0.364. The molecule has 9 heteroatoms. The summed E-state index contributed by atoms with van der Waals surface area (Å²) in [6.07, 6.45) is 1.33. The summed E-state index contributed by atoms with van der Waals surface area (Å²) >= 11 is 0. The van der Waals surface area contributed by atoms with Crippen LogP contribution in [-0.4, -0.2) is 69.5 Å². The van der Waals surface area contributed by atoms with E-state index in [2.05, 4.69) is 5.32 Å². The molecule has 0 aliphatic rings. The Morgan fingerprint density at radius 1 is 1.03 bits per heavy atom. The number of sulfonamides is 1. The van der Waals surface area contributed by atoms with Gasteiger partial charge in [0.1, 0.15) is 11.8 Å². The van der Waals surface area contributed by atoms with Gasteiger partial charge in [-0.25, -0.2) is 8.42 Å². The number of likely N-dealkylation sites (N-methyl/N-ethyl adjacent to an activating group) is 2. The molecule has 2 amide bonds. The Kier molecular flexibility index (Phi) is 8.58. The van der Waals surface area contributed by atoms with Gasteiger partial charge in [-0.1, -0.05) is 42.5 Å². The topological polar surface area (TPSA) is 96.0 Å². The third-order valence-electron chi connectivity index (χ3n) is 4.95. The minimum absolute atomic E-state index is 0.144. The Labute approximate surface area is 183 Å². The number of carbonyl (C=O) groups excluding carboxylic acids is 2. The van der Waals surface area contributed by atoms with Crippen LogP contribution in [0.25, 0.3) is 0 Å². The van der Waals surface area contributed by atoms with Crippen molar-refractivity contribution in [2.24, 2.45) is 0 Å². The van der Waals surface area contributed by atoms with Crippen molar-refractivity contribution in [3.8, 4) is 5.75 Å². The Morgan fingerprint density at radius 3 is 2.16 bits per heavy atom. The largest absolute Gasteiger partial charge is 0.497 e. The van der Waals surface area contributed by atoms with Gasteiger partial charge in [0.05, 0.1) is 19.9 Å². The third kappa shape index (κ3) is 7.08. The monoisotopic (exact) mass is 447 g/mol. The Bertz CT molecular complexity index is 978. The van der Waals surface area contributed by atoms with Crippen LogP contribution in [0.4, 0.5) is 0 Å². The molecule has 0 spiro atoms. The zero-order valence-electron chi connectivity index (χ0n) is 18.2. The molecule has 0 aliphatic heterocycles. The van der Waals surface area contributed by atoms with Crippen molar-refractivity contribution < 1.29 is 22.7 Å². The minimum atomic E-state index is -3.55. The summed E-state index contributed by atoms with van der Waals surface area (Å²) in [6.45, 7) is -0.220. The first-order chi connectivity index (χ1) is 14.7. The predicted molar refractivity (Wildman–Crippen MR) is 119 cm³/mol. The van der Waals surface area contributed by atoms with Gasteiger partial charge in [-0.05, 0) is 23.3 Å². The van der Waals surface area contributed by atoms with E-state index in [9.17, 15) is 18.0 Å². The Morgan fingerprint density at radius 2 is 1.65 bits per heavy atom. The molecule has 1 N–H and O–H groups in total. The summed E-state index contributed by atoms with van der Waals surface area (Å²) in [5, 5.41) is 2.62. The molecule has 1 atom stereocenters. The van der Waals surface area contributed by atoms with Gasteiger partial charge < -0.3 is 15.0 Å². The number of ether oxygens (including phenoxy) is 1. The molecular weight excluding hydrogens is 418 g/mol. The number of nitrogens with one attached hydrogen (secondary N) is 1. The summed E-state index contributed by atoms with van der Waals surface area (Å²) in [6, 6.07) is 15.7. The van der Waals surface area contributed by atoms with Crippen LogP contribution < -0.4 is 10.1 Å². The van der Waals surface area contributed by atoms with Crippen LogP contribution in [0.5, 0.6) is 5.75 Å². The number of hydrogen-bond acceptors (Lipinski definition) is 5. The molecule has 1 unspecified atom stereocenters. The van der Waals surface area contributed by atoms with E-state index in [0.717, 1.165) is 21.7 Å². The van der Waals surface area contributed by atoms with E-state index in [0.29, 0.717) is 12.2 Å². The van der Waals surface area contributed by atoms with Crippen molar-refractivity contribution in [1.29, 1.82) is 0 Å². The number of benzene rings is 2. The summed E-state index contributed by atoms with van der Waals surface area (Å²) < 4.78 is 29.8. The molecule has 168 valence electrons. The second kappa shape index (κ2) is 10.9. The van der Waals surface area contributed by atoms with Crippen molar-refractivity contribution >= 4 is 21.8 Å². The maximum absolute atomic E-state index is 13.2. The highest BCUT2D eigenvalue weighted by molar-refractivity contribution is 7.88. The molecule has 2 aromatic carbocycles. The van der Waals surface area contributed by atoms with Crippen molar-refractivity contribution in [3.05, 3.63) is 65.7 Å². The molecule has 0 bridgehead atoms. The van der Waals surface area contributed by atoms with Crippen LogP contribution in [0.15, 0.2) is 54.6 Å². The van der Waals surface area contributed by atoms with Crippen LogP contribution in [0.3, 0.4) is 0 Å². The van der Waals surface area contributed by atoms with Gasteiger partial charge in [-0.15, -0.1) is 0 Å². The first-order valence-electron chi connectivity index (χ1n) is 9.75. The molecule has 0 fully saturated rings. The second-order valence-corrected chi connectivity index (χ2v) is 9.30. The van der Waals surface area contributed by atoms with Crippen LogP contribution in [-0.2, 0) is 32.6 Å². The molecule has 0 radical (unpaired) electrons. The van der Waals surface area contributed by atoms with Crippen molar-refractivity contribution in [1.82, 2.24) is 14.5 Å². The highest BCUT2D eigenvalue weighted by atomic mass is 32.2. The molecule has 2 rings (SSSR count). The van der Waals surface area contributed by atoms with Gasteiger partial charge in [-0.2, -0.15) is 4.31 Å². The second-order valence-electron chi connectivity index (χ2n) is 7.21. The molecule has 0 aromatic heterocycles. The maximum Gasteiger partial charge on any atom is 0.242 e. The summed E-state index contributed by atoms with van der Waals surface area (Å²) in [4.78, 5) is 27.4. The number of hydrogen-bond donors (Lipinski definition) is 1. The molecule has 0 heterocycles. The van der Waals surface area contributed by atoms with E-state index < -0.39 is 22.0 Å². The fourth-order valence-corrected chi connectivity index (χ4v) is 3.39. The number of methoxy groups -OCH3 is 1. The van der Waals surface area contributed by atoms with Crippen molar-refractivity contribution in [3.63, 3.8) is 0 Å². The van der Waals surface area contributed by atoms with Gasteiger partial charge in [0.2, 0.25) is 21.8 Å². The Hall–Kier alpha value is -2.91. The molecule has 0 saturated carbocycles. The van der Waals surface area contributed by atoms with E-state index in [4.69, 9.17) is 4.74 Å². The fourth-order valence-electron chi connectivity index (χ4n) is 3.05. The SMILES string of the molecule is CNC(=O)C(Cc1ccccc1)N(Cc1ccc(OC)cc1)C(=O)CN(C)S(C)(=O)=O. The molecule has 2 aromatic rings. The van der Waals surface area contributed by atoms with E-state index in [1.807, 2.05) is 42.5 Å². The number of rotatable bonds is 10. The standard InChI is InChI=1S/C22H29N3O5S/c1-23-22(27)20(14-17-8-6-5-7-9-17)25(21(26)16-24(2)31(4,28)29)15-18-10-12-19(30-3)13-11-18/h5-13,20H,14-16H2,1-4H3,(H,23,27). The minimum Gasteiger partial charge on any atom is -0.497 e. The first kappa shape index (κ1) is 24.4. The zero-order valence-corrected chi connectivity index (χ0v) is 19.1. The molecule has 0 saturated heterocycles. The average Bonchev–Trinajstić information content (AvgIpc) is 2.76. The van der Waals surface area contributed by atoms with E-state index in [1.54, 1.807) is 19.2 Å². The zero-order chi connectivity index (χ0) is 23.0. The third-order valence-corrected chi connectivity index (χ3v) is 6.21. The van der Waals surface area contributed by atoms with E-state index >= 15 is 0 Å². The van der Waals surface area contributed by atoms with Crippen LogP contribution in [0, 0.1) is 0 Å². The van der Waals surface area contributed by atoms with Gasteiger partial charge in [0.15, 0.2) is 0 Å². The molecule has 31 heavy (non-hydrogen) atoms. The average molecular weight is 448 g/mol. The van der Waals surface area contributed by atoms with Crippen LogP contribution in [0.1, 0.15) is 11.1 Å². The summed E-state index contributed by atoms with van der Waals surface area (Å²) in [7, 11) is 0.859. The highest BCUT2D eigenvalue weighted by Crippen LogP contribution is 2.18. The molecule has 0 aliphatic carbocycles. The normalized spacial score (nSPS) is 12.3. The van der Waals surface area contributed by atoms with Gasteiger partial charge >= 0.3 is 0 Å². The smallest absolute Gasteiger partial charge is 0.242 e. The predicted octanol–water partition coefficient (Wildman–Crippen LogP) is 1.27. The summed E-state index contributed by atoms with van der Waals surface area (Å²) in [5.41, 5.74) is 1.68. The van der Waals surface area contributed by atoms with Gasteiger partial charge in [-0.3, -0.25) is 9.59 Å². The lowest BCUT2D eigenvalue weighted by Gasteiger charge is -2.32. The lowest BCUT2D eigenvalue weighted by Crippen LogP contribution is -2.52. The highest BCUT2D eigenvalue weighted by Gasteiger charge is 2.31. The quantitative estimate of drug-likeness (QED) is 0.592. The van der Waals surface area contributed by atoms with Crippen LogP contribution >= 0.6 is 0 Å². The first-order valence-corrected chi connectivity index (χ1v) is 11.6. The van der Waals surface area contributed by atoms with Gasteiger partial charge in [0, 0.05) is 27.1 Å². The van der Waals surface area contributed by atoms with Crippen molar-refractivity contribution in [2.45, 2.75) is 19.0 Å².